The smallest absolute Gasteiger partial charge is 0.303 e. The minimum absolute atomic E-state index is 0.0135. The quantitative estimate of drug-likeness (QED) is 0.769. The Morgan fingerprint density at radius 3 is 2.80 bits per heavy atom. The highest BCUT2D eigenvalue weighted by molar-refractivity contribution is 5.80. The molecule has 0 fully saturated rings. The lowest BCUT2D eigenvalue weighted by atomic mass is 10.2. The molecule has 15 heavy (non-hydrogen) atoms. The van der Waals surface area contributed by atoms with E-state index in [0.29, 0.717) is 5.76 Å². The van der Waals surface area contributed by atoms with Gasteiger partial charge in [0.25, 0.3) is 0 Å². The highest BCUT2D eigenvalue weighted by Gasteiger charge is 2.12. The average Bonchev–Trinajstić information content (AvgIpc) is 2.67. The van der Waals surface area contributed by atoms with Gasteiger partial charge in [-0.25, -0.2) is 0 Å². The van der Waals surface area contributed by atoms with Crippen molar-refractivity contribution in [3.63, 3.8) is 0 Å². The lowest BCUT2D eigenvalue weighted by molar-refractivity contribution is -0.138. The zero-order chi connectivity index (χ0) is 11.3. The summed E-state index contributed by atoms with van der Waals surface area (Å²) >= 11 is 0. The summed E-state index contributed by atoms with van der Waals surface area (Å²) in [5.41, 5.74) is 0. The average molecular weight is 211 g/mol. The Hall–Kier alpha value is -1.78. The van der Waals surface area contributed by atoms with Crippen LogP contribution >= 0.6 is 0 Å². The Morgan fingerprint density at radius 1 is 1.53 bits per heavy atom. The zero-order valence-corrected chi connectivity index (χ0v) is 8.40. The van der Waals surface area contributed by atoms with Gasteiger partial charge in [-0.3, -0.25) is 9.59 Å². The maximum absolute atomic E-state index is 11.2. The molecule has 0 aliphatic rings. The van der Waals surface area contributed by atoms with Gasteiger partial charge in [0.15, 0.2) is 0 Å². The third-order valence-corrected chi connectivity index (χ3v) is 1.91. The number of amides is 1. The van der Waals surface area contributed by atoms with E-state index in [1.54, 1.807) is 19.1 Å². The molecule has 0 aliphatic carbocycles. The molecule has 1 amide bonds. The van der Waals surface area contributed by atoms with Crippen LogP contribution in [0.3, 0.4) is 0 Å². The first kappa shape index (κ1) is 11.3. The number of aliphatic carboxylic acids is 1. The van der Waals surface area contributed by atoms with Crippen molar-refractivity contribution >= 4 is 11.9 Å². The molecule has 0 saturated carbocycles. The first-order valence-electron chi connectivity index (χ1n) is 4.64. The van der Waals surface area contributed by atoms with Crippen LogP contribution in [-0.4, -0.2) is 17.0 Å². The molecule has 0 spiro atoms. The summed E-state index contributed by atoms with van der Waals surface area (Å²) < 4.78 is 5.09. The van der Waals surface area contributed by atoms with Crippen molar-refractivity contribution in [2.24, 2.45) is 0 Å². The van der Waals surface area contributed by atoms with Crippen LogP contribution in [0, 0.1) is 0 Å². The van der Waals surface area contributed by atoms with Crippen LogP contribution in [0.15, 0.2) is 22.8 Å². The topological polar surface area (TPSA) is 79.5 Å². The van der Waals surface area contributed by atoms with Gasteiger partial charge in [0.05, 0.1) is 18.7 Å². The molecule has 1 aromatic rings. The molecule has 5 heteroatoms. The second-order valence-electron chi connectivity index (χ2n) is 3.20. The summed E-state index contributed by atoms with van der Waals surface area (Å²) in [6, 6.07) is 3.25. The summed E-state index contributed by atoms with van der Waals surface area (Å²) in [6.45, 7) is 1.78. The number of carboxylic acids is 1. The van der Waals surface area contributed by atoms with Crippen molar-refractivity contribution in [1.82, 2.24) is 5.32 Å². The minimum atomic E-state index is -0.976. The molecule has 0 aliphatic heterocycles. The number of hydrogen-bond donors (Lipinski definition) is 2. The molecule has 0 bridgehead atoms. The number of hydrogen-bond acceptors (Lipinski definition) is 3. The van der Waals surface area contributed by atoms with E-state index in [1.165, 1.54) is 6.26 Å². The fraction of sp³-hybridized carbons (Fsp3) is 0.400. The van der Waals surface area contributed by atoms with E-state index < -0.39 is 5.97 Å². The standard InChI is InChI=1S/C10H13NO4/c1-7(8-3-2-6-15-8)11-9(12)4-5-10(13)14/h2-3,6-7H,4-5H2,1H3,(H,11,12)(H,13,14). The Labute approximate surface area is 87.1 Å². The van der Waals surface area contributed by atoms with Gasteiger partial charge in [-0.05, 0) is 19.1 Å². The number of carbonyl (C=O) groups excluding carboxylic acids is 1. The molecular formula is C10H13NO4. The summed E-state index contributed by atoms with van der Waals surface area (Å²) in [6.07, 6.45) is 1.35. The predicted molar refractivity (Wildman–Crippen MR) is 52.1 cm³/mol. The van der Waals surface area contributed by atoms with Crippen LogP contribution < -0.4 is 5.32 Å². The molecule has 2 N–H and O–H groups in total. The number of nitrogens with one attached hydrogen (secondary N) is 1. The van der Waals surface area contributed by atoms with Gasteiger partial charge < -0.3 is 14.8 Å². The molecule has 0 radical (unpaired) electrons. The van der Waals surface area contributed by atoms with Gasteiger partial charge in [-0.1, -0.05) is 0 Å². The van der Waals surface area contributed by atoms with Crippen molar-refractivity contribution < 1.29 is 19.1 Å². The molecule has 1 unspecified atom stereocenters. The van der Waals surface area contributed by atoms with E-state index >= 15 is 0 Å². The maximum Gasteiger partial charge on any atom is 0.303 e. The number of carbonyl (C=O) groups is 2. The molecule has 0 aromatic carbocycles. The second kappa shape index (κ2) is 5.19. The Bertz CT molecular complexity index is 331. The van der Waals surface area contributed by atoms with Gasteiger partial charge in [0.2, 0.25) is 5.91 Å². The first-order valence-corrected chi connectivity index (χ1v) is 4.64. The van der Waals surface area contributed by atoms with E-state index in [9.17, 15) is 9.59 Å². The van der Waals surface area contributed by atoms with Crippen LogP contribution in [0.25, 0.3) is 0 Å². The van der Waals surface area contributed by atoms with Crippen LogP contribution in [0.2, 0.25) is 0 Å². The molecule has 1 heterocycles. The summed E-state index contributed by atoms with van der Waals surface area (Å²) in [5, 5.41) is 11.0. The van der Waals surface area contributed by atoms with Crippen molar-refractivity contribution in [1.29, 1.82) is 0 Å². The zero-order valence-electron chi connectivity index (χ0n) is 8.40. The van der Waals surface area contributed by atoms with Gasteiger partial charge in [-0.15, -0.1) is 0 Å². The summed E-state index contributed by atoms with van der Waals surface area (Å²) in [4.78, 5) is 21.5. The van der Waals surface area contributed by atoms with Crippen molar-refractivity contribution in [3.05, 3.63) is 24.2 Å². The van der Waals surface area contributed by atoms with E-state index in [4.69, 9.17) is 9.52 Å². The minimum Gasteiger partial charge on any atom is -0.481 e. The van der Waals surface area contributed by atoms with E-state index in [1.807, 2.05) is 0 Å². The Balaban J connectivity index is 2.35. The number of rotatable bonds is 5. The number of furan rings is 1. The normalized spacial score (nSPS) is 12.1. The van der Waals surface area contributed by atoms with Crippen LogP contribution in [-0.2, 0) is 9.59 Å². The molecule has 1 aromatic heterocycles. The lowest BCUT2D eigenvalue weighted by Gasteiger charge is -2.10. The van der Waals surface area contributed by atoms with E-state index in [-0.39, 0.29) is 24.8 Å². The highest BCUT2D eigenvalue weighted by atomic mass is 16.4. The fourth-order valence-electron chi connectivity index (χ4n) is 1.14. The van der Waals surface area contributed by atoms with E-state index in [0.717, 1.165) is 0 Å². The van der Waals surface area contributed by atoms with Crippen LogP contribution in [0.4, 0.5) is 0 Å². The Morgan fingerprint density at radius 2 is 2.27 bits per heavy atom. The van der Waals surface area contributed by atoms with Gasteiger partial charge in [0, 0.05) is 6.42 Å². The summed E-state index contributed by atoms with van der Waals surface area (Å²) in [5.74, 6) is -0.615. The highest BCUT2D eigenvalue weighted by Crippen LogP contribution is 2.12. The molecule has 0 saturated heterocycles. The van der Waals surface area contributed by atoms with Gasteiger partial charge in [-0.2, -0.15) is 0 Å². The van der Waals surface area contributed by atoms with Crippen LogP contribution in [0.5, 0.6) is 0 Å². The SMILES string of the molecule is CC(NC(=O)CCC(=O)O)c1ccco1. The molecule has 5 nitrogen and oxygen atoms in total. The third-order valence-electron chi connectivity index (χ3n) is 1.91. The van der Waals surface area contributed by atoms with Crippen molar-refractivity contribution in [2.75, 3.05) is 0 Å². The maximum atomic E-state index is 11.2. The molecule has 82 valence electrons. The summed E-state index contributed by atoms with van der Waals surface area (Å²) in [7, 11) is 0. The van der Waals surface area contributed by atoms with E-state index in [2.05, 4.69) is 5.32 Å². The molecule has 1 atom stereocenters. The third kappa shape index (κ3) is 3.84. The van der Waals surface area contributed by atoms with Crippen molar-refractivity contribution in [2.45, 2.75) is 25.8 Å². The monoisotopic (exact) mass is 211 g/mol. The van der Waals surface area contributed by atoms with Gasteiger partial charge >= 0.3 is 5.97 Å². The number of carboxylic acid groups (broad SMARTS) is 1. The first-order chi connectivity index (χ1) is 7.09. The second-order valence-corrected chi connectivity index (χ2v) is 3.20. The fourth-order valence-corrected chi connectivity index (χ4v) is 1.14. The Kier molecular flexibility index (Phi) is 3.91. The largest absolute Gasteiger partial charge is 0.481 e. The molecular weight excluding hydrogens is 198 g/mol. The van der Waals surface area contributed by atoms with Gasteiger partial charge in [0.1, 0.15) is 5.76 Å². The van der Waals surface area contributed by atoms with Crippen molar-refractivity contribution in [3.8, 4) is 0 Å². The van der Waals surface area contributed by atoms with Crippen LogP contribution in [0.1, 0.15) is 31.6 Å². The lowest BCUT2D eigenvalue weighted by Crippen LogP contribution is -2.26. The predicted octanol–water partition coefficient (Wildman–Crippen LogP) is 1.32. The molecule has 1 rings (SSSR count).